The molecule has 1 unspecified atom stereocenters. The number of nitrogens with zero attached hydrogens (tertiary/aromatic N) is 1. The highest BCUT2D eigenvalue weighted by Gasteiger charge is 2.10. The topological polar surface area (TPSA) is 51.2 Å². The number of carbonyl (C=O) groups is 1. The third kappa shape index (κ3) is 3.81. The maximum atomic E-state index is 11.2. The predicted molar refractivity (Wildman–Crippen MR) is 81.1 cm³/mol. The Labute approximate surface area is 122 Å². The molecule has 0 fully saturated rings. The highest BCUT2D eigenvalue weighted by Crippen LogP contribution is 2.23. The molecule has 0 aliphatic carbocycles. The fourth-order valence-corrected chi connectivity index (χ4v) is 2.60. The molecule has 0 aliphatic rings. The third-order valence-electron chi connectivity index (χ3n) is 3.02. The predicted octanol–water partition coefficient (Wildman–Crippen LogP) is 3.34. The van der Waals surface area contributed by atoms with Gasteiger partial charge >= 0.3 is 5.97 Å². The van der Waals surface area contributed by atoms with Crippen LogP contribution < -0.4 is 5.32 Å². The first-order chi connectivity index (χ1) is 9.58. The van der Waals surface area contributed by atoms with Crippen molar-refractivity contribution in [3.8, 4) is 0 Å². The van der Waals surface area contributed by atoms with Crippen molar-refractivity contribution in [2.24, 2.45) is 0 Å². The van der Waals surface area contributed by atoms with E-state index in [1.807, 2.05) is 5.38 Å². The van der Waals surface area contributed by atoms with E-state index in [2.05, 4.69) is 53.2 Å². The van der Waals surface area contributed by atoms with Gasteiger partial charge in [-0.2, -0.15) is 0 Å². The largest absolute Gasteiger partial charge is 0.469 e. The standard InChI is InChI=1S/C15H18N2O2S/c1-10-4-6-12(7-5-10)11(2)16-15-17-13(9-20-15)8-14(18)19-3/h4-7,9,11H,8H2,1-3H3,(H,16,17). The minimum Gasteiger partial charge on any atom is -0.469 e. The number of rotatable bonds is 5. The van der Waals surface area contributed by atoms with Gasteiger partial charge in [-0.05, 0) is 19.4 Å². The molecule has 1 heterocycles. The SMILES string of the molecule is COC(=O)Cc1csc(NC(C)c2ccc(C)cc2)n1. The average Bonchev–Trinajstić information content (AvgIpc) is 2.86. The lowest BCUT2D eigenvalue weighted by Gasteiger charge is -2.13. The average molecular weight is 290 g/mol. The van der Waals surface area contributed by atoms with Gasteiger partial charge in [0.15, 0.2) is 5.13 Å². The summed E-state index contributed by atoms with van der Waals surface area (Å²) in [5.41, 5.74) is 3.19. The maximum Gasteiger partial charge on any atom is 0.311 e. The number of anilines is 1. The molecule has 5 heteroatoms. The summed E-state index contributed by atoms with van der Waals surface area (Å²) >= 11 is 1.50. The van der Waals surface area contributed by atoms with Crippen LogP contribution in [-0.4, -0.2) is 18.1 Å². The zero-order valence-corrected chi connectivity index (χ0v) is 12.7. The minimum absolute atomic E-state index is 0.174. The van der Waals surface area contributed by atoms with Crippen LogP contribution in [0.1, 0.15) is 29.8 Å². The van der Waals surface area contributed by atoms with Crippen LogP contribution in [0.3, 0.4) is 0 Å². The van der Waals surface area contributed by atoms with Crippen molar-refractivity contribution in [3.05, 3.63) is 46.5 Å². The molecular weight excluding hydrogens is 272 g/mol. The first-order valence-corrected chi connectivity index (χ1v) is 7.31. The molecule has 0 saturated heterocycles. The van der Waals surface area contributed by atoms with Crippen molar-refractivity contribution in [2.75, 3.05) is 12.4 Å². The molecule has 20 heavy (non-hydrogen) atoms. The van der Waals surface area contributed by atoms with E-state index < -0.39 is 0 Å². The number of aromatic nitrogens is 1. The summed E-state index contributed by atoms with van der Waals surface area (Å²) in [6.45, 7) is 4.16. The molecule has 1 N–H and O–H groups in total. The van der Waals surface area contributed by atoms with Crippen LogP contribution in [0.25, 0.3) is 0 Å². The van der Waals surface area contributed by atoms with Crippen molar-refractivity contribution in [3.63, 3.8) is 0 Å². The Morgan fingerprint density at radius 3 is 2.75 bits per heavy atom. The summed E-state index contributed by atoms with van der Waals surface area (Å²) in [5.74, 6) is -0.270. The molecule has 4 nitrogen and oxygen atoms in total. The summed E-state index contributed by atoms with van der Waals surface area (Å²) in [6, 6.07) is 8.58. The number of nitrogens with one attached hydrogen (secondary N) is 1. The Morgan fingerprint density at radius 1 is 1.40 bits per heavy atom. The van der Waals surface area contributed by atoms with Crippen molar-refractivity contribution >= 4 is 22.4 Å². The van der Waals surface area contributed by atoms with Gasteiger partial charge in [-0.1, -0.05) is 29.8 Å². The molecule has 2 aromatic rings. The summed E-state index contributed by atoms with van der Waals surface area (Å²) < 4.78 is 4.63. The Kier molecular flexibility index (Phi) is 4.74. The fraction of sp³-hybridized carbons (Fsp3) is 0.333. The van der Waals surface area contributed by atoms with E-state index in [0.717, 1.165) is 10.8 Å². The molecule has 0 radical (unpaired) electrons. The lowest BCUT2D eigenvalue weighted by Crippen LogP contribution is -2.07. The highest BCUT2D eigenvalue weighted by molar-refractivity contribution is 7.13. The number of benzene rings is 1. The molecule has 1 aromatic heterocycles. The Morgan fingerprint density at radius 2 is 2.10 bits per heavy atom. The summed E-state index contributed by atoms with van der Waals surface area (Å²) in [6.07, 6.45) is 0.216. The first-order valence-electron chi connectivity index (χ1n) is 6.43. The molecule has 0 saturated carbocycles. The van der Waals surface area contributed by atoms with Gasteiger partial charge in [0, 0.05) is 5.38 Å². The van der Waals surface area contributed by atoms with Gasteiger partial charge in [0.1, 0.15) is 0 Å². The number of methoxy groups -OCH3 is 1. The summed E-state index contributed by atoms with van der Waals surface area (Å²) in [5, 5.41) is 6.04. The van der Waals surface area contributed by atoms with Crippen LogP contribution >= 0.6 is 11.3 Å². The van der Waals surface area contributed by atoms with E-state index in [9.17, 15) is 4.79 Å². The van der Waals surface area contributed by atoms with E-state index in [1.165, 1.54) is 29.6 Å². The number of carbonyl (C=O) groups excluding carboxylic acids is 1. The fourth-order valence-electron chi connectivity index (χ4n) is 1.80. The van der Waals surface area contributed by atoms with Crippen molar-refractivity contribution in [1.29, 1.82) is 0 Å². The van der Waals surface area contributed by atoms with Gasteiger partial charge in [0.2, 0.25) is 0 Å². The molecule has 0 spiro atoms. The van der Waals surface area contributed by atoms with E-state index in [4.69, 9.17) is 0 Å². The molecule has 0 amide bonds. The smallest absolute Gasteiger partial charge is 0.311 e. The van der Waals surface area contributed by atoms with Crippen LogP contribution in [0.15, 0.2) is 29.6 Å². The Hall–Kier alpha value is -1.88. The normalized spacial score (nSPS) is 11.9. The quantitative estimate of drug-likeness (QED) is 0.858. The first kappa shape index (κ1) is 14.5. The Bertz CT molecular complexity index is 578. The van der Waals surface area contributed by atoms with Gasteiger partial charge < -0.3 is 10.1 Å². The van der Waals surface area contributed by atoms with Gasteiger partial charge in [-0.3, -0.25) is 4.79 Å². The monoisotopic (exact) mass is 290 g/mol. The van der Waals surface area contributed by atoms with Gasteiger partial charge in [0.05, 0.1) is 25.3 Å². The number of hydrogen-bond donors (Lipinski definition) is 1. The lowest BCUT2D eigenvalue weighted by molar-refractivity contribution is -0.139. The van der Waals surface area contributed by atoms with Crippen LogP contribution in [0.5, 0.6) is 0 Å². The number of aryl methyl sites for hydroxylation is 1. The molecule has 106 valence electrons. The number of esters is 1. The van der Waals surface area contributed by atoms with Crippen LogP contribution in [0.2, 0.25) is 0 Å². The van der Waals surface area contributed by atoms with E-state index >= 15 is 0 Å². The molecule has 2 rings (SSSR count). The molecule has 1 aromatic carbocycles. The van der Waals surface area contributed by atoms with Crippen molar-refractivity contribution < 1.29 is 9.53 Å². The summed E-state index contributed by atoms with van der Waals surface area (Å²) in [4.78, 5) is 15.6. The molecular formula is C15H18N2O2S. The van der Waals surface area contributed by atoms with Gasteiger partial charge in [-0.15, -0.1) is 11.3 Å². The van der Waals surface area contributed by atoms with E-state index in [-0.39, 0.29) is 18.4 Å². The highest BCUT2D eigenvalue weighted by atomic mass is 32.1. The Balaban J connectivity index is 1.99. The number of hydrogen-bond acceptors (Lipinski definition) is 5. The zero-order chi connectivity index (χ0) is 14.5. The van der Waals surface area contributed by atoms with Gasteiger partial charge in [0.25, 0.3) is 0 Å². The lowest BCUT2D eigenvalue weighted by atomic mass is 10.1. The third-order valence-corrected chi connectivity index (χ3v) is 3.84. The minimum atomic E-state index is -0.270. The second-order valence-corrected chi connectivity index (χ2v) is 5.53. The molecule has 0 bridgehead atoms. The van der Waals surface area contributed by atoms with Crippen LogP contribution in [-0.2, 0) is 16.0 Å². The van der Waals surface area contributed by atoms with Crippen molar-refractivity contribution in [2.45, 2.75) is 26.3 Å². The summed E-state index contributed by atoms with van der Waals surface area (Å²) in [7, 11) is 1.38. The second kappa shape index (κ2) is 6.52. The van der Waals surface area contributed by atoms with E-state index in [1.54, 1.807) is 0 Å². The van der Waals surface area contributed by atoms with Crippen LogP contribution in [0.4, 0.5) is 5.13 Å². The molecule has 0 aliphatic heterocycles. The number of ether oxygens (including phenoxy) is 1. The zero-order valence-electron chi connectivity index (χ0n) is 11.8. The van der Waals surface area contributed by atoms with Gasteiger partial charge in [-0.25, -0.2) is 4.98 Å². The van der Waals surface area contributed by atoms with Crippen LogP contribution in [0, 0.1) is 6.92 Å². The van der Waals surface area contributed by atoms with E-state index in [0.29, 0.717) is 0 Å². The molecule has 1 atom stereocenters. The van der Waals surface area contributed by atoms with Crippen molar-refractivity contribution in [1.82, 2.24) is 4.98 Å². The second-order valence-electron chi connectivity index (χ2n) is 4.67. The maximum absolute atomic E-state index is 11.2. The number of thiazole rings is 1.